The molecule has 148 valence electrons. The lowest BCUT2D eigenvalue weighted by molar-refractivity contribution is -0.132. The molecule has 0 aromatic rings. The van der Waals surface area contributed by atoms with Crippen LogP contribution < -0.4 is 0 Å². The average molecular weight is 363 g/mol. The van der Waals surface area contributed by atoms with Crippen LogP contribution in [0.2, 0.25) is 0 Å². The Morgan fingerprint density at radius 1 is 0.923 bits per heavy atom. The van der Waals surface area contributed by atoms with Gasteiger partial charge in [-0.1, -0.05) is 69.4 Å². The van der Waals surface area contributed by atoms with Crippen molar-refractivity contribution in [2.45, 2.75) is 90.9 Å². The molecule has 3 nitrogen and oxygen atoms in total. The smallest absolute Gasteiger partial charge is 0.330 e. The number of hydrogen-bond donors (Lipinski definition) is 1. The van der Waals surface area contributed by atoms with Gasteiger partial charge in [-0.25, -0.2) is 4.79 Å². The Bertz CT molecular complexity index is 446. The van der Waals surface area contributed by atoms with Crippen LogP contribution in [-0.4, -0.2) is 17.4 Å². The number of rotatable bonds is 17. The van der Waals surface area contributed by atoms with Crippen LogP contribution in [0.15, 0.2) is 36.0 Å². The van der Waals surface area contributed by atoms with Gasteiger partial charge in [-0.15, -0.1) is 0 Å². The number of carboxylic acids is 1. The van der Waals surface area contributed by atoms with Gasteiger partial charge in [0.15, 0.2) is 0 Å². The van der Waals surface area contributed by atoms with Gasteiger partial charge >= 0.3 is 5.97 Å². The summed E-state index contributed by atoms with van der Waals surface area (Å²) in [6.45, 7) is 3.84. The number of hydrogen-bond acceptors (Lipinski definition) is 2. The minimum atomic E-state index is -0.822. The van der Waals surface area contributed by atoms with E-state index in [0.717, 1.165) is 64.1 Å². The van der Waals surface area contributed by atoms with Gasteiger partial charge in [0.25, 0.3) is 0 Å². The van der Waals surface area contributed by atoms with E-state index >= 15 is 0 Å². The zero-order valence-electron chi connectivity index (χ0n) is 16.8. The molecule has 3 heteroatoms. The maximum atomic E-state index is 11.1. The third-order valence-electron chi connectivity index (χ3n) is 4.53. The molecule has 26 heavy (non-hydrogen) atoms. The highest BCUT2D eigenvalue weighted by molar-refractivity contribution is 5.85. The lowest BCUT2D eigenvalue weighted by Gasteiger charge is -2.06. The molecule has 0 saturated heterocycles. The van der Waals surface area contributed by atoms with Gasteiger partial charge in [-0.05, 0) is 51.9 Å². The normalized spacial score (nSPS) is 13.5. The predicted octanol–water partition coefficient (Wildman–Crippen LogP) is 6.65. The first kappa shape index (κ1) is 24.4. The standard InChI is InChI=1S/C23H38O3/c1-3-4-5-15-18-22(20-24)19-16-13-11-9-7-6-8-10-12-14-17-21(2)23(25)26/h7,9,13,16-17,20,22H,3-6,8,10-12,14-15,18-19H2,1-2H3,(H,25,26). The van der Waals surface area contributed by atoms with Gasteiger partial charge < -0.3 is 9.90 Å². The van der Waals surface area contributed by atoms with Crippen LogP contribution in [0, 0.1) is 5.92 Å². The number of aldehydes is 1. The summed E-state index contributed by atoms with van der Waals surface area (Å²) < 4.78 is 0. The van der Waals surface area contributed by atoms with Crippen LogP contribution >= 0.6 is 0 Å². The second kappa shape index (κ2) is 18.2. The molecule has 0 spiro atoms. The van der Waals surface area contributed by atoms with E-state index in [1.165, 1.54) is 19.3 Å². The quantitative estimate of drug-likeness (QED) is 0.136. The van der Waals surface area contributed by atoms with E-state index in [1.54, 1.807) is 13.0 Å². The Labute approximate surface area is 160 Å². The van der Waals surface area contributed by atoms with E-state index in [2.05, 4.69) is 31.2 Å². The molecule has 0 aliphatic rings. The fourth-order valence-corrected chi connectivity index (χ4v) is 2.72. The number of aliphatic carboxylic acids is 1. The second-order valence-electron chi connectivity index (χ2n) is 6.99. The molecule has 0 radical (unpaired) electrons. The van der Waals surface area contributed by atoms with E-state index < -0.39 is 5.97 Å². The summed E-state index contributed by atoms with van der Waals surface area (Å²) in [5, 5.41) is 8.75. The Kier molecular flexibility index (Phi) is 17.0. The molecule has 0 aliphatic carbocycles. The second-order valence-corrected chi connectivity index (χ2v) is 6.99. The van der Waals surface area contributed by atoms with Gasteiger partial charge in [0.1, 0.15) is 6.29 Å². The van der Waals surface area contributed by atoms with Crippen LogP contribution in [0.5, 0.6) is 0 Å². The summed E-state index contributed by atoms with van der Waals surface area (Å²) in [5.74, 6) is -0.636. The predicted molar refractivity (Wildman–Crippen MR) is 110 cm³/mol. The van der Waals surface area contributed by atoms with Crippen LogP contribution in [0.25, 0.3) is 0 Å². The average Bonchev–Trinajstić information content (AvgIpc) is 2.63. The van der Waals surface area contributed by atoms with Crippen LogP contribution in [-0.2, 0) is 9.59 Å². The first-order valence-corrected chi connectivity index (χ1v) is 10.3. The molecular weight excluding hydrogens is 324 g/mol. The molecule has 0 bridgehead atoms. The fraction of sp³-hybridized carbons (Fsp3) is 0.652. The summed E-state index contributed by atoms with van der Waals surface area (Å²) in [5.41, 5.74) is 0.439. The first-order chi connectivity index (χ1) is 12.6. The zero-order chi connectivity index (χ0) is 19.5. The molecule has 1 N–H and O–H groups in total. The number of allylic oxidation sites excluding steroid dienone is 5. The van der Waals surface area contributed by atoms with Crippen molar-refractivity contribution in [3.63, 3.8) is 0 Å². The highest BCUT2D eigenvalue weighted by atomic mass is 16.4. The van der Waals surface area contributed by atoms with Crippen molar-refractivity contribution in [1.82, 2.24) is 0 Å². The number of carbonyl (C=O) groups is 2. The minimum absolute atomic E-state index is 0.186. The number of unbranched alkanes of at least 4 members (excludes halogenated alkanes) is 7. The lowest BCUT2D eigenvalue weighted by Crippen LogP contribution is -2.00. The highest BCUT2D eigenvalue weighted by Crippen LogP contribution is 2.13. The molecule has 1 atom stereocenters. The topological polar surface area (TPSA) is 54.4 Å². The van der Waals surface area contributed by atoms with Gasteiger partial charge in [0.05, 0.1) is 0 Å². The Morgan fingerprint density at radius 3 is 2.31 bits per heavy atom. The van der Waals surface area contributed by atoms with Gasteiger partial charge in [-0.3, -0.25) is 0 Å². The molecule has 0 saturated carbocycles. The van der Waals surface area contributed by atoms with Crippen molar-refractivity contribution >= 4 is 12.3 Å². The molecule has 0 amide bonds. The summed E-state index contributed by atoms with van der Waals surface area (Å²) >= 11 is 0. The van der Waals surface area contributed by atoms with Crippen molar-refractivity contribution in [2.24, 2.45) is 5.92 Å². The van der Waals surface area contributed by atoms with Gasteiger partial charge in [-0.2, -0.15) is 0 Å². The largest absolute Gasteiger partial charge is 0.478 e. The third-order valence-corrected chi connectivity index (χ3v) is 4.53. The van der Waals surface area contributed by atoms with Crippen molar-refractivity contribution in [1.29, 1.82) is 0 Å². The molecule has 0 heterocycles. The Morgan fingerprint density at radius 2 is 1.62 bits per heavy atom. The maximum absolute atomic E-state index is 11.1. The van der Waals surface area contributed by atoms with Crippen LogP contribution in [0.3, 0.4) is 0 Å². The summed E-state index contributed by atoms with van der Waals surface area (Å²) in [7, 11) is 0. The van der Waals surface area contributed by atoms with E-state index in [1.807, 2.05) is 0 Å². The van der Waals surface area contributed by atoms with Crippen molar-refractivity contribution < 1.29 is 14.7 Å². The van der Waals surface area contributed by atoms with E-state index in [4.69, 9.17) is 5.11 Å². The molecule has 0 aromatic carbocycles. The SMILES string of the molecule is CCCCCCC(C=O)CC=CCC=CCCCCCC=C(C)C(=O)O. The third kappa shape index (κ3) is 15.9. The van der Waals surface area contributed by atoms with Crippen molar-refractivity contribution in [3.05, 3.63) is 36.0 Å². The zero-order valence-corrected chi connectivity index (χ0v) is 16.8. The van der Waals surface area contributed by atoms with Crippen LogP contribution in [0.4, 0.5) is 0 Å². The highest BCUT2D eigenvalue weighted by Gasteiger charge is 2.04. The number of carbonyl (C=O) groups excluding carboxylic acids is 1. The molecule has 0 aromatic heterocycles. The Balaban J connectivity index is 3.61. The van der Waals surface area contributed by atoms with Crippen molar-refractivity contribution in [3.8, 4) is 0 Å². The summed E-state index contributed by atoms with van der Waals surface area (Å²) in [6.07, 6.45) is 24.6. The molecule has 0 aliphatic heterocycles. The monoisotopic (exact) mass is 362 g/mol. The summed E-state index contributed by atoms with van der Waals surface area (Å²) in [4.78, 5) is 21.7. The van der Waals surface area contributed by atoms with E-state index in [0.29, 0.717) is 5.57 Å². The van der Waals surface area contributed by atoms with Crippen molar-refractivity contribution in [2.75, 3.05) is 0 Å². The molecular formula is C23H38O3. The van der Waals surface area contributed by atoms with Crippen LogP contribution in [0.1, 0.15) is 90.9 Å². The first-order valence-electron chi connectivity index (χ1n) is 10.3. The Hall–Kier alpha value is -1.64. The lowest BCUT2D eigenvalue weighted by atomic mass is 9.98. The molecule has 0 fully saturated rings. The maximum Gasteiger partial charge on any atom is 0.330 e. The molecule has 0 rings (SSSR count). The number of carboxylic acid groups (broad SMARTS) is 1. The summed E-state index contributed by atoms with van der Waals surface area (Å²) in [6, 6.07) is 0. The van der Waals surface area contributed by atoms with E-state index in [-0.39, 0.29) is 5.92 Å². The molecule has 1 unspecified atom stereocenters. The minimum Gasteiger partial charge on any atom is -0.478 e. The fourth-order valence-electron chi connectivity index (χ4n) is 2.72. The van der Waals surface area contributed by atoms with E-state index in [9.17, 15) is 9.59 Å². The van der Waals surface area contributed by atoms with Gasteiger partial charge in [0, 0.05) is 11.5 Å². The van der Waals surface area contributed by atoms with Gasteiger partial charge in [0.2, 0.25) is 0 Å².